The summed E-state index contributed by atoms with van der Waals surface area (Å²) in [7, 11) is 1.33. The monoisotopic (exact) mass is 268 g/mol. The highest BCUT2D eigenvalue weighted by atomic mass is 16.5. The van der Waals surface area contributed by atoms with Gasteiger partial charge in [-0.15, -0.1) is 0 Å². The first-order valence-corrected chi connectivity index (χ1v) is 6.72. The number of hydrogen-bond donors (Lipinski definition) is 0. The van der Waals surface area contributed by atoms with Crippen LogP contribution in [0.4, 0.5) is 0 Å². The van der Waals surface area contributed by atoms with Crippen molar-refractivity contribution in [3.63, 3.8) is 0 Å². The molecule has 0 heterocycles. The Balaban J connectivity index is 2.24. The van der Waals surface area contributed by atoms with Gasteiger partial charge in [-0.1, -0.05) is 36.4 Å². The van der Waals surface area contributed by atoms with E-state index in [4.69, 9.17) is 4.74 Å². The molecule has 0 aromatic heterocycles. The molecular weight excluding hydrogens is 252 g/mol. The van der Waals surface area contributed by atoms with Gasteiger partial charge in [0.05, 0.1) is 7.11 Å². The van der Waals surface area contributed by atoms with E-state index in [0.717, 1.165) is 22.8 Å². The van der Waals surface area contributed by atoms with Crippen molar-refractivity contribution in [1.82, 2.24) is 0 Å². The number of carbonyl (C=O) groups is 2. The molecule has 1 aliphatic carbocycles. The number of methoxy groups -OCH3 is 1. The van der Waals surface area contributed by atoms with Gasteiger partial charge >= 0.3 is 5.97 Å². The summed E-state index contributed by atoms with van der Waals surface area (Å²) in [6.45, 7) is 1.69. The molecule has 0 saturated carbocycles. The first-order valence-electron chi connectivity index (χ1n) is 6.72. The number of ketones is 1. The van der Waals surface area contributed by atoms with Crippen molar-refractivity contribution in [2.75, 3.05) is 7.11 Å². The lowest BCUT2D eigenvalue weighted by Gasteiger charge is -2.31. The van der Waals surface area contributed by atoms with Crippen LogP contribution >= 0.6 is 0 Å². The summed E-state index contributed by atoms with van der Waals surface area (Å²) < 4.78 is 4.83. The highest BCUT2D eigenvalue weighted by molar-refractivity contribution is 6.19. The fourth-order valence-electron chi connectivity index (χ4n) is 2.99. The van der Waals surface area contributed by atoms with Crippen LogP contribution in [0, 0.1) is 5.41 Å². The lowest BCUT2D eigenvalue weighted by atomic mass is 9.70. The zero-order valence-electron chi connectivity index (χ0n) is 11.6. The molecule has 1 atom stereocenters. The number of carbonyl (C=O) groups excluding carboxylic acids is 2. The summed E-state index contributed by atoms with van der Waals surface area (Å²) >= 11 is 0. The van der Waals surface area contributed by atoms with Gasteiger partial charge in [-0.3, -0.25) is 9.59 Å². The number of rotatable bonds is 1. The molecular formula is C17H16O3. The number of ether oxygens (including phenoxy) is 1. The number of fused-ring (bicyclic) bond motifs is 3. The molecule has 0 bridgehead atoms. The average molecular weight is 268 g/mol. The summed E-state index contributed by atoms with van der Waals surface area (Å²) in [6, 6.07) is 11.8. The summed E-state index contributed by atoms with van der Waals surface area (Å²) in [5.41, 5.74) is 0.642. The molecule has 0 radical (unpaired) electrons. The molecule has 0 fully saturated rings. The number of aryl methyl sites for hydroxylation is 1. The molecule has 20 heavy (non-hydrogen) atoms. The highest BCUT2D eigenvalue weighted by Crippen LogP contribution is 2.39. The lowest BCUT2D eigenvalue weighted by Crippen LogP contribution is -2.41. The van der Waals surface area contributed by atoms with Gasteiger partial charge < -0.3 is 4.74 Å². The first kappa shape index (κ1) is 12.9. The number of esters is 1. The second kappa shape index (κ2) is 4.44. The minimum Gasteiger partial charge on any atom is -0.468 e. The quantitative estimate of drug-likeness (QED) is 0.589. The molecule has 3 heteroatoms. The van der Waals surface area contributed by atoms with Gasteiger partial charge in [-0.05, 0) is 36.1 Å². The minimum atomic E-state index is -1.06. The predicted octanol–water partition coefficient (Wildman–Crippen LogP) is 3.15. The van der Waals surface area contributed by atoms with Crippen LogP contribution in [0.15, 0.2) is 36.4 Å². The average Bonchev–Trinajstić information content (AvgIpc) is 2.49. The van der Waals surface area contributed by atoms with Gasteiger partial charge in [-0.25, -0.2) is 0 Å². The van der Waals surface area contributed by atoms with E-state index in [1.165, 1.54) is 7.11 Å². The van der Waals surface area contributed by atoms with Crippen LogP contribution < -0.4 is 0 Å². The summed E-state index contributed by atoms with van der Waals surface area (Å²) in [5.74, 6) is -0.566. The standard InChI is InChI=1S/C17H16O3/c1-17(16(19)20-2)10-9-12-8-7-11-5-3-4-6-13(11)14(12)15(17)18/h3-8H,9-10H2,1-2H3/t17-/m0/s1. The van der Waals surface area contributed by atoms with Gasteiger partial charge in [0.2, 0.25) is 0 Å². The molecule has 2 aromatic rings. The van der Waals surface area contributed by atoms with E-state index in [9.17, 15) is 9.59 Å². The molecule has 0 unspecified atom stereocenters. The van der Waals surface area contributed by atoms with Gasteiger partial charge in [-0.2, -0.15) is 0 Å². The maximum atomic E-state index is 12.9. The maximum Gasteiger partial charge on any atom is 0.319 e. The van der Waals surface area contributed by atoms with Crippen LogP contribution in [0.1, 0.15) is 29.3 Å². The smallest absolute Gasteiger partial charge is 0.319 e. The van der Waals surface area contributed by atoms with Crippen molar-refractivity contribution in [3.8, 4) is 0 Å². The van der Waals surface area contributed by atoms with Crippen LogP contribution in [0.5, 0.6) is 0 Å². The Bertz CT molecular complexity index is 717. The SMILES string of the molecule is COC(=O)[C@@]1(C)CCc2ccc3ccccc3c2C1=O. The van der Waals surface area contributed by atoms with Crippen molar-refractivity contribution >= 4 is 22.5 Å². The lowest BCUT2D eigenvalue weighted by molar-refractivity contribution is -0.149. The van der Waals surface area contributed by atoms with Crippen molar-refractivity contribution < 1.29 is 14.3 Å². The van der Waals surface area contributed by atoms with E-state index in [1.54, 1.807) is 6.92 Å². The Hall–Kier alpha value is -2.16. The second-order valence-corrected chi connectivity index (χ2v) is 5.47. The zero-order valence-corrected chi connectivity index (χ0v) is 11.6. The molecule has 0 spiro atoms. The summed E-state index contributed by atoms with van der Waals surface area (Å²) in [5, 5.41) is 1.94. The number of hydrogen-bond acceptors (Lipinski definition) is 3. The van der Waals surface area contributed by atoms with Crippen LogP contribution in [-0.2, 0) is 16.0 Å². The van der Waals surface area contributed by atoms with E-state index in [0.29, 0.717) is 12.0 Å². The molecule has 2 aromatic carbocycles. The van der Waals surface area contributed by atoms with Crippen LogP contribution in [-0.4, -0.2) is 18.9 Å². The van der Waals surface area contributed by atoms with Crippen molar-refractivity contribution in [1.29, 1.82) is 0 Å². The molecule has 3 rings (SSSR count). The Morgan fingerprint density at radius 2 is 1.95 bits per heavy atom. The third-order valence-corrected chi connectivity index (χ3v) is 4.27. The largest absolute Gasteiger partial charge is 0.468 e. The molecule has 0 N–H and O–H groups in total. The minimum absolute atomic E-state index is 0.123. The van der Waals surface area contributed by atoms with E-state index >= 15 is 0 Å². The van der Waals surface area contributed by atoms with E-state index in [1.807, 2.05) is 36.4 Å². The Kier molecular flexibility index (Phi) is 2.85. The van der Waals surface area contributed by atoms with Crippen molar-refractivity contribution in [2.45, 2.75) is 19.8 Å². The van der Waals surface area contributed by atoms with Gasteiger partial charge in [0.25, 0.3) is 0 Å². The third kappa shape index (κ3) is 1.66. The molecule has 0 aliphatic heterocycles. The zero-order chi connectivity index (χ0) is 14.3. The van der Waals surface area contributed by atoms with Crippen molar-refractivity contribution in [3.05, 3.63) is 47.5 Å². The number of Topliss-reactive ketones (excluding diaryl/α,β-unsaturated/α-hetero) is 1. The van der Waals surface area contributed by atoms with Gasteiger partial charge in [0.1, 0.15) is 5.41 Å². The summed E-state index contributed by atoms with van der Waals surface area (Å²) in [6.07, 6.45) is 1.22. The van der Waals surface area contributed by atoms with Gasteiger partial charge in [0.15, 0.2) is 5.78 Å². The Morgan fingerprint density at radius 1 is 1.20 bits per heavy atom. The first-order chi connectivity index (χ1) is 9.58. The van der Waals surface area contributed by atoms with Crippen molar-refractivity contribution in [2.24, 2.45) is 5.41 Å². The topological polar surface area (TPSA) is 43.4 Å². The molecule has 0 saturated heterocycles. The predicted molar refractivity (Wildman–Crippen MR) is 76.7 cm³/mol. The normalized spacial score (nSPS) is 21.6. The molecule has 3 nitrogen and oxygen atoms in total. The molecule has 102 valence electrons. The maximum absolute atomic E-state index is 12.9. The highest BCUT2D eigenvalue weighted by Gasteiger charge is 2.46. The summed E-state index contributed by atoms with van der Waals surface area (Å²) in [4.78, 5) is 24.9. The molecule has 0 amide bonds. The Labute approximate surface area is 117 Å². The van der Waals surface area contributed by atoms with E-state index in [2.05, 4.69) is 0 Å². The van der Waals surface area contributed by atoms with E-state index < -0.39 is 11.4 Å². The molecule has 1 aliphatic rings. The Morgan fingerprint density at radius 3 is 2.70 bits per heavy atom. The fraction of sp³-hybridized carbons (Fsp3) is 0.294. The second-order valence-electron chi connectivity index (χ2n) is 5.47. The third-order valence-electron chi connectivity index (χ3n) is 4.27. The van der Waals surface area contributed by atoms with Crippen LogP contribution in [0.2, 0.25) is 0 Å². The fourth-order valence-corrected chi connectivity index (χ4v) is 2.99. The van der Waals surface area contributed by atoms with Crippen LogP contribution in [0.25, 0.3) is 10.8 Å². The van der Waals surface area contributed by atoms with Crippen LogP contribution in [0.3, 0.4) is 0 Å². The number of benzene rings is 2. The van der Waals surface area contributed by atoms with E-state index in [-0.39, 0.29) is 5.78 Å². The van der Waals surface area contributed by atoms with Gasteiger partial charge in [0, 0.05) is 5.56 Å².